The molecular formula is C17H15ClN4O4. The molecule has 0 aliphatic carbocycles. The Morgan fingerprint density at radius 1 is 1.27 bits per heavy atom. The van der Waals surface area contributed by atoms with Gasteiger partial charge in [-0.1, -0.05) is 16.8 Å². The smallest absolute Gasteiger partial charge is 0.279 e. The molecule has 134 valence electrons. The molecule has 9 heteroatoms. The lowest BCUT2D eigenvalue weighted by Crippen LogP contribution is -2.33. The first kappa shape index (κ1) is 16.6. The minimum atomic E-state index is -0.999. The van der Waals surface area contributed by atoms with E-state index in [2.05, 4.69) is 10.3 Å². The van der Waals surface area contributed by atoms with Crippen LogP contribution in [-0.2, 0) is 21.5 Å². The first-order valence-corrected chi connectivity index (χ1v) is 8.26. The number of methoxy groups -OCH3 is 1. The number of oxime groups is 1. The van der Waals surface area contributed by atoms with Gasteiger partial charge in [0.25, 0.3) is 5.91 Å². The Kier molecular flexibility index (Phi) is 3.73. The predicted octanol–water partition coefficient (Wildman–Crippen LogP) is 1.68. The van der Waals surface area contributed by atoms with Gasteiger partial charge in [0.2, 0.25) is 12.0 Å². The Labute approximate surface area is 153 Å². The van der Waals surface area contributed by atoms with Crippen molar-refractivity contribution in [1.82, 2.24) is 9.78 Å². The Bertz CT molecular complexity index is 968. The van der Waals surface area contributed by atoms with Gasteiger partial charge in [0.1, 0.15) is 17.4 Å². The number of amides is 2. The van der Waals surface area contributed by atoms with Crippen LogP contribution in [0.1, 0.15) is 11.3 Å². The van der Waals surface area contributed by atoms with Crippen LogP contribution < -0.4 is 9.64 Å². The van der Waals surface area contributed by atoms with E-state index in [0.29, 0.717) is 27.7 Å². The molecule has 1 saturated heterocycles. The first-order valence-electron chi connectivity index (χ1n) is 7.88. The van der Waals surface area contributed by atoms with Crippen molar-refractivity contribution in [2.75, 3.05) is 12.0 Å². The predicted molar refractivity (Wildman–Crippen MR) is 93.3 cm³/mol. The molecule has 1 fully saturated rings. The number of benzene rings is 1. The summed E-state index contributed by atoms with van der Waals surface area (Å²) in [4.78, 5) is 32.3. The second-order valence-electron chi connectivity index (χ2n) is 6.11. The van der Waals surface area contributed by atoms with Gasteiger partial charge in [-0.25, -0.2) is 4.90 Å². The summed E-state index contributed by atoms with van der Waals surface area (Å²) in [5.41, 5.74) is 2.08. The Morgan fingerprint density at radius 3 is 2.69 bits per heavy atom. The van der Waals surface area contributed by atoms with Crippen LogP contribution in [0.3, 0.4) is 0 Å². The largest absolute Gasteiger partial charge is 0.495 e. The van der Waals surface area contributed by atoms with Gasteiger partial charge in [0.15, 0.2) is 0 Å². The van der Waals surface area contributed by atoms with Crippen LogP contribution in [0.5, 0.6) is 5.75 Å². The summed E-state index contributed by atoms with van der Waals surface area (Å²) >= 11 is 6.05. The fourth-order valence-corrected chi connectivity index (χ4v) is 3.49. The average Bonchev–Trinajstić information content (AvgIpc) is 3.23. The fraction of sp³-hybridized carbons (Fsp3) is 0.294. The van der Waals surface area contributed by atoms with E-state index < -0.39 is 23.8 Å². The topological polar surface area (TPSA) is 86.0 Å². The van der Waals surface area contributed by atoms with Crippen LogP contribution in [0.2, 0.25) is 5.02 Å². The summed E-state index contributed by atoms with van der Waals surface area (Å²) < 4.78 is 6.90. The fourth-order valence-electron chi connectivity index (χ4n) is 3.33. The van der Waals surface area contributed by atoms with E-state index >= 15 is 0 Å². The normalized spacial score (nSPS) is 21.7. The maximum absolute atomic E-state index is 13.1. The molecule has 0 radical (unpaired) electrons. The number of halogens is 1. The van der Waals surface area contributed by atoms with Crippen molar-refractivity contribution in [1.29, 1.82) is 0 Å². The molecule has 2 aromatic rings. The second kappa shape index (κ2) is 5.84. The van der Waals surface area contributed by atoms with Crippen molar-refractivity contribution < 1.29 is 19.2 Å². The van der Waals surface area contributed by atoms with E-state index in [1.807, 2.05) is 6.92 Å². The minimum absolute atomic E-state index is 0.287. The third-order valence-corrected chi connectivity index (χ3v) is 4.72. The molecule has 0 unspecified atom stereocenters. The molecule has 3 heterocycles. The maximum atomic E-state index is 13.1. The summed E-state index contributed by atoms with van der Waals surface area (Å²) in [5, 5.41) is 8.64. The Morgan fingerprint density at radius 2 is 2.04 bits per heavy atom. The summed E-state index contributed by atoms with van der Waals surface area (Å²) in [6, 6.07) is 4.74. The zero-order valence-corrected chi connectivity index (χ0v) is 15.0. The number of aryl methyl sites for hydroxylation is 2. The van der Waals surface area contributed by atoms with E-state index in [9.17, 15) is 9.59 Å². The van der Waals surface area contributed by atoms with E-state index in [-0.39, 0.29) is 5.69 Å². The Hall–Kier alpha value is -2.87. The van der Waals surface area contributed by atoms with Crippen LogP contribution in [0.25, 0.3) is 0 Å². The lowest BCUT2D eigenvalue weighted by molar-refractivity contribution is -0.126. The number of carbonyl (C=O) groups is 2. The molecule has 0 saturated carbocycles. The number of aromatic nitrogens is 2. The third-order valence-electron chi connectivity index (χ3n) is 4.48. The number of fused-ring (bicyclic) bond motifs is 1. The van der Waals surface area contributed by atoms with E-state index in [4.69, 9.17) is 21.2 Å². The third kappa shape index (κ3) is 2.29. The van der Waals surface area contributed by atoms with E-state index in [1.165, 1.54) is 13.2 Å². The lowest BCUT2D eigenvalue weighted by Gasteiger charge is -2.18. The number of ether oxygens (including phenoxy) is 1. The molecule has 1 aromatic heterocycles. The Balaban J connectivity index is 1.76. The van der Waals surface area contributed by atoms with E-state index in [0.717, 1.165) is 4.90 Å². The monoisotopic (exact) mass is 374 g/mol. The summed E-state index contributed by atoms with van der Waals surface area (Å²) in [6.45, 7) is 1.81. The zero-order valence-electron chi connectivity index (χ0n) is 14.3. The van der Waals surface area contributed by atoms with Gasteiger partial charge in [0, 0.05) is 23.8 Å². The van der Waals surface area contributed by atoms with Gasteiger partial charge >= 0.3 is 0 Å². The lowest BCUT2D eigenvalue weighted by atomic mass is 9.94. The molecule has 8 nitrogen and oxygen atoms in total. The van der Waals surface area contributed by atoms with Crippen molar-refractivity contribution in [3.8, 4) is 5.75 Å². The quantitative estimate of drug-likeness (QED) is 0.763. The molecule has 26 heavy (non-hydrogen) atoms. The van der Waals surface area contributed by atoms with Crippen molar-refractivity contribution in [3.63, 3.8) is 0 Å². The van der Waals surface area contributed by atoms with E-state index in [1.54, 1.807) is 30.1 Å². The van der Waals surface area contributed by atoms with Crippen LogP contribution in [-0.4, -0.2) is 40.5 Å². The van der Waals surface area contributed by atoms with Gasteiger partial charge in [-0.2, -0.15) is 5.10 Å². The number of nitrogens with zero attached hydrogens (tertiary/aromatic N) is 4. The average molecular weight is 375 g/mol. The highest BCUT2D eigenvalue weighted by atomic mass is 35.5. The van der Waals surface area contributed by atoms with Crippen LogP contribution in [0.4, 0.5) is 5.69 Å². The number of hydrogen-bond donors (Lipinski definition) is 0. The summed E-state index contributed by atoms with van der Waals surface area (Å²) in [7, 11) is 3.23. The van der Waals surface area contributed by atoms with Gasteiger partial charge in [-0.15, -0.1) is 0 Å². The molecule has 0 bridgehead atoms. The van der Waals surface area contributed by atoms with Crippen molar-refractivity contribution in [3.05, 3.63) is 40.7 Å². The summed E-state index contributed by atoms with van der Waals surface area (Å²) in [6.07, 6.45) is 0.751. The highest BCUT2D eigenvalue weighted by molar-refractivity contribution is 6.34. The number of anilines is 1. The first-order chi connectivity index (χ1) is 12.4. The highest BCUT2D eigenvalue weighted by Gasteiger charge is 2.57. The number of hydrogen-bond acceptors (Lipinski definition) is 6. The molecule has 0 spiro atoms. The van der Waals surface area contributed by atoms with Gasteiger partial charge in [-0.05, 0) is 25.1 Å². The molecule has 1 aromatic carbocycles. The number of rotatable bonds is 3. The van der Waals surface area contributed by atoms with Gasteiger partial charge in [-0.3, -0.25) is 14.3 Å². The van der Waals surface area contributed by atoms with Crippen molar-refractivity contribution >= 4 is 34.8 Å². The number of imide groups is 1. The molecule has 2 atom stereocenters. The van der Waals surface area contributed by atoms with Gasteiger partial charge in [0.05, 0.1) is 18.5 Å². The van der Waals surface area contributed by atoms with Crippen LogP contribution >= 0.6 is 11.6 Å². The molecule has 0 N–H and O–H groups in total. The molecule has 2 amide bonds. The minimum Gasteiger partial charge on any atom is -0.495 e. The molecule has 2 aliphatic heterocycles. The maximum Gasteiger partial charge on any atom is 0.279 e. The standard InChI is InChI=1S/C17H15ClN4O4/c1-8-10(7-21(2)19-8)14-13-15(26-20-14)17(24)22(16(13)23)11-6-9(18)4-5-12(11)25-3/h4-7,13,15H,1-3H3/t13-,15+/m1/s1. The second-order valence-corrected chi connectivity index (χ2v) is 6.55. The van der Waals surface area contributed by atoms with Crippen molar-refractivity contribution in [2.24, 2.45) is 18.1 Å². The van der Waals surface area contributed by atoms with Crippen LogP contribution in [0.15, 0.2) is 29.6 Å². The SMILES string of the molecule is COc1ccc(Cl)cc1N1C(=O)[C@@H]2C(c3cn(C)nc3C)=NO[C@@H]2C1=O. The highest BCUT2D eigenvalue weighted by Crippen LogP contribution is 2.40. The molecule has 4 rings (SSSR count). The van der Waals surface area contributed by atoms with Gasteiger partial charge < -0.3 is 9.57 Å². The van der Waals surface area contributed by atoms with Crippen LogP contribution in [0, 0.1) is 12.8 Å². The zero-order chi connectivity index (χ0) is 18.6. The van der Waals surface area contributed by atoms with Crippen molar-refractivity contribution in [2.45, 2.75) is 13.0 Å². The molecule has 2 aliphatic rings. The number of carbonyl (C=O) groups excluding carboxylic acids is 2. The molecular weight excluding hydrogens is 360 g/mol. The summed E-state index contributed by atoms with van der Waals surface area (Å²) in [5.74, 6) is -1.39.